The van der Waals surface area contributed by atoms with Crippen LogP contribution in [0.1, 0.15) is 59.4 Å². The fourth-order valence-corrected chi connectivity index (χ4v) is 6.90. The molecule has 2 saturated heterocycles. The molecule has 1 aromatic carbocycles. The van der Waals surface area contributed by atoms with Gasteiger partial charge in [0.25, 0.3) is 5.91 Å². The predicted molar refractivity (Wildman–Crippen MR) is 130 cm³/mol. The predicted octanol–water partition coefficient (Wildman–Crippen LogP) is 3.21. The van der Waals surface area contributed by atoms with Gasteiger partial charge in [-0.05, 0) is 51.5 Å². The number of amides is 1. The highest BCUT2D eigenvalue weighted by molar-refractivity contribution is 7.89. The standard InChI is InChI=1S/C25H36N4O3S/c1-19-23(25(30)29-14-8-5-9-15-29)24(20(2)27(19)3)33(31,32)26-22-12-16-28(17-13-22)18-21-10-6-4-7-11-21/h4,6-7,10-11,22,26H,5,8-9,12-18H2,1-3H3. The third-order valence-corrected chi connectivity index (χ3v) is 8.89. The summed E-state index contributed by atoms with van der Waals surface area (Å²) in [6.45, 7) is 7.58. The summed E-state index contributed by atoms with van der Waals surface area (Å²) in [6.07, 6.45) is 4.57. The van der Waals surface area contributed by atoms with E-state index in [2.05, 4.69) is 21.8 Å². The lowest BCUT2D eigenvalue weighted by atomic mass is 10.1. The monoisotopic (exact) mass is 472 g/mol. The molecule has 33 heavy (non-hydrogen) atoms. The SMILES string of the molecule is Cc1c(C(=O)N2CCCCC2)c(S(=O)(=O)NC2CCN(Cc3ccccc3)CC2)c(C)n1C. The first-order chi connectivity index (χ1) is 15.8. The van der Waals surface area contributed by atoms with Crippen molar-refractivity contribution in [3.05, 3.63) is 52.8 Å². The summed E-state index contributed by atoms with van der Waals surface area (Å²) in [5.41, 5.74) is 2.93. The van der Waals surface area contributed by atoms with Crippen LogP contribution in [0.15, 0.2) is 35.2 Å². The second-order valence-electron chi connectivity index (χ2n) is 9.44. The number of nitrogens with one attached hydrogen (secondary N) is 1. The Morgan fingerprint density at radius 2 is 1.61 bits per heavy atom. The van der Waals surface area contributed by atoms with E-state index >= 15 is 0 Å². The highest BCUT2D eigenvalue weighted by atomic mass is 32.2. The van der Waals surface area contributed by atoms with Crippen molar-refractivity contribution < 1.29 is 13.2 Å². The first-order valence-corrected chi connectivity index (χ1v) is 13.5. The topological polar surface area (TPSA) is 74.7 Å². The van der Waals surface area contributed by atoms with E-state index in [9.17, 15) is 13.2 Å². The Balaban J connectivity index is 1.48. The highest BCUT2D eigenvalue weighted by Crippen LogP contribution is 2.29. The number of carbonyl (C=O) groups is 1. The van der Waals surface area contributed by atoms with E-state index in [1.807, 2.05) is 41.6 Å². The summed E-state index contributed by atoms with van der Waals surface area (Å²) in [6, 6.07) is 10.2. The Kier molecular flexibility index (Phi) is 7.26. The van der Waals surface area contributed by atoms with Gasteiger partial charge in [-0.2, -0.15) is 0 Å². The van der Waals surface area contributed by atoms with Crippen LogP contribution in [0.5, 0.6) is 0 Å². The minimum Gasteiger partial charge on any atom is -0.350 e. The van der Waals surface area contributed by atoms with Gasteiger partial charge in [-0.1, -0.05) is 30.3 Å². The van der Waals surface area contributed by atoms with E-state index in [0.717, 1.165) is 51.7 Å². The zero-order valence-electron chi connectivity index (χ0n) is 20.0. The summed E-state index contributed by atoms with van der Waals surface area (Å²) in [7, 11) is -1.99. The first kappa shape index (κ1) is 24.0. The third-order valence-electron chi connectivity index (χ3n) is 7.21. The summed E-state index contributed by atoms with van der Waals surface area (Å²) >= 11 is 0. The van der Waals surface area contributed by atoms with Gasteiger partial charge in [0.15, 0.2) is 0 Å². The molecule has 1 aromatic heterocycles. The van der Waals surface area contributed by atoms with Crippen molar-refractivity contribution in [3.8, 4) is 0 Å². The third kappa shape index (κ3) is 5.18. The number of sulfonamides is 1. The molecule has 4 rings (SSSR count). The first-order valence-electron chi connectivity index (χ1n) is 12.0. The van der Waals surface area contributed by atoms with Crippen molar-refractivity contribution >= 4 is 15.9 Å². The Morgan fingerprint density at radius 1 is 0.970 bits per heavy atom. The van der Waals surface area contributed by atoms with Gasteiger partial charge >= 0.3 is 0 Å². The van der Waals surface area contributed by atoms with Gasteiger partial charge in [-0.15, -0.1) is 0 Å². The van der Waals surface area contributed by atoms with E-state index in [0.29, 0.717) is 30.0 Å². The largest absolute Gasteiger partial charge is 0.350 e. The minimum absolute atomic E-state index is 0.125. The highest BCUT2D eigenvalue weighted by Gasteiger charge is 2.35. The number of carbonyl (C=O) groups excluding carboxylic acids is 1. The molecular formula is C25H36N4O3S. The van der Waals surface area contributed by atoms with Gasteiger partial charge in [-0.25, -0.2) is 13.1 Å². The lowest BCUT2D eigenvalue weighted by Crippen LogP contribution is -2.44. The molecule has 0 unspecified atom stereocenters. The lowest BCUT2D eigenvalue weighted by Gasteiger charge is -2.32. The van der Waals surface area contributed by atoms with E-state index in [4.69, 9.17) is 0 Å². The fraction of sp³-hybridized carbons (Fsp3) is 0.560. The quantitative estimate of drug-likeness (QED) is 0.701. The maximum atomic E-state index is 13.6. The molecule has 3 heterocycles. The molecule has 8 heteroatoms. The molecule has 0 saturated carbocycles. The minimum atomic E-state index is -3.82. The van der Waals surface area contributed by atoms with Gasteiger partial charge in [-0.3, -0.25) is 9.69 Å². The Hall–Kier alpha value is -2.16. The Morgan fingerprint density at radius 3 is 2.24 bits per heavy atom. The maximum Gasteiger partial charge on any atom is 0.257 e. The molecule has 0 aliphatic carbocycles. The van der Waals surface area contributed by atoms with E-state index in [1.54, 1.807) is 6.92 Å². The summed E-state index contributed by atoms with van der Waals surface area (Å²) in [5.74, 6) is -0.158. The number of aromatic nitrogens is 1. The van der Waals surface area contributed by atoms with Crippen molar-refractivity contribution in [3.63, 3.8) is 0 Å². The number of rotatable bonds is 6. The van der Waals surface area contributed by atoms with Crippen LogP contribution in [0, 0.1) is 13.8 Å². The number of benzene rings is 1. The van der Waals surface area contributed by atoms with Gasteiger partial charge in [0.2, 0.25) is 10.0 Å². The van der Waals surface area contributed by atoms with Crippen molar-refractivity contribution in [1.29, 1.82) is 0 Å². The Labute approximate surface area is 197 Å². The lowest BCUT2D eigenvalue weighted by molar-refractivity contribution is 0.0719. The smallest absolute Gasteiger partial charge is 0.257 e. The van der Waals surface area contributed by atoms with Crippen LogP contribution in [-0.2, 0) is 23.6 Å². The van der Waals surface area contributed by atoms with Crippen LogP contribution < -0.4 is 4.72 Å². The zero-order valence-corrected chi connectivity index (χ0v) is 20.8. The number of likely N-dealkylation sites (tertiary alicyclic amines) is 2. The fourth-order valence-electron chi connectivity index (χ4n) is 5.08. The van der Waals surface area contributed by atoms with Crippen LogP contribution in [0.3, 0.4) is 0 Å². The molecule has 0 bridgehead atoms. The molecule has 2 aliphatic rings. The number of piperidine rings is 2. The molecule has 1 N–H and O–H groups in total. The van der Waals surface area contributed by atoms with E-state index in [1.165, 1.54) is 5.56 Å². The molecule has 0 radical (unpaired) electrons. The molecule has 7 nitrogen and oxygen atoms in total. The van der Waals surface area contributed by atoms with Crippen molar-refractivity contribution in [1.82, 2.24) is 19.1 Å². The van der Waals surface area contributed by atoms with Crippen molar-refractivity contribution in [2.75, 3.05) is 26.2 Å². The van der Waals surface area contributed by atoms with Crippen LogP contribution >= 0.6 is 0 Å². The molecule has 180 valence electrons. The maximum absolute atomic E-state index is 13.6. The van der Waals surface area contributed by atoms with Gasteiger partial charge in [0.1, 0.15) is 4.90 Å². The second-order valence-corrected chi connectivity index (χ2v) is 11.1. The van der Waals surface area contributed by atoms with Crippen molar-refractivity contribution in [2.45, 2.75) is 63.4 Å². The van der Waals surface area contributed by atoms with E-state index < -0.39 is 10.0 Å². The average molecular weight is 473 g/mol. The second kappa shape index (κ2) is 9.99. The summed E-state index contributed by atoms with van der Waals surface area (Å²) < 4.78 is 31.9. The van der Waals surface area contributed by atoms with Crippen molar-refractivity contribution in [2.24, 2.45) is 7.05 Å². The number of hydrogen-bond donors (Lipinski definition) is 1. The summed E-state index contributed by atoms with van der Waals surface area (Å²) in [5, 5.41) is 0. The molecular weight excluding hydrogens is 436 g/mol. The van der Waals surface area contributed by atoms with Crippen LogP contribution in [0.25, 0.3) is 0 Å². The van der Waals surface area contributed by atoms with Crippen LogP contribution in [0.4, 0.5) is 0 Å². The van der Waals surface area contributed by atoms with Crippen LogP contribution in [0.2, 0.25) is 0 Å². The molecule has 2 aromatic rings. The zero-order chi connectivity index (χ0) is 23.6. The molecule has 2 aliphatic heterocycles. The van der Waals surface area contributed by atoms with Crippen LogP contribution in [-0.4, -0.2) is 60.9 Å². The number of hydrogen-bond acceptors (Lipinski definition) is 4. The molecule has 1 amide bonds. The normalized spacial score (nSPS) is 18.6. The van der Waals surface area contributed by atoms with Gasteiger partial charge in [0, 0.05) is 57.2 Å². The summed E-state index contributed by atoms with van der Waals surface area (Å²) in [4.78, 5) is 17.7. The number of nitrogens with zero attached hydrogens (tertiary/aromatic N) is 3. The molecule has 0 spiro atoms. The molecule has 0 atom stereocenters. The average Bonchev–Trinajstić information content (AvgIpc) is 3.05. The Bertz CT molecular complexity index is 1080. The molecule has 2 fully saturated rings. The van der Waals surface area contributed by atoms with Gasteiger partial charge in [0.05, 0.1) is 5.56 Å². The van der Waals surface area contributed by atoms with E-state index in [-0.39, 0.29) is 16.8 Å². The van der Waals surface area contributed by atoms with Gasteiger partial charge < -0.3 is 9.47 Å².